The van der Waals surface area contributed by atoms with Gasteiger partial charge in [0.25, 0.3) is 41.0 Å². The Morgan fingerprint density at radius 3 is 1.44 bits per heavy atom. The molecule has 0 radical (unpaired) electrons. The van der Waals surface area contributed by atoms with Crippen LogP contribution < -0.4 is 57.6 Å². The number of allylic oxidation sites excluding steroid dienone is 2. The molecule has 9 amide bonds. The number of H-pyrrole nitrogens is 1. The van der Waals surface area contributed by atoms with Gasteiger partial charge in [-0.25, -0.2) is 15.0 Å². The fraction of sp³-hybridized carbons (Fsp3) is 0.474. The Morgan fingerprint density at radius 2 is 0.949 bits per heavy atom. The summed E-state index contributed by atoms with van der Waals surface area (Å²) < 4.78 is 65.5. The highest BCUT2D eigenvalue weighted by Crippen LogP contribution is 2.39. The molecule has 0 saturated carbocycles. The Kier molecular flexibility index (Phi) is 35.7. The van der Waals surface area contributed by atoms with Gasteiger partial charge in [-0.05, 0) is 37.3 Å². The second-order valence-corrected chi connectivity index (χ2v) is 26.9. The van der Waals surface area contributed by atoms with Crippen LogP contribution in [0, 0.1) is 0 Å². The van der Waals surface area contributed by atoms with Crippen LogP contribution in [0.3, 0.4) is 0 Å². The molecule has 8 aromatic rings. The third kappa shape index (κ3) is 27.1. The molecule has 0 bridgehead atoms. The Morgan fingerprint density at radius 1 is 0.475 bits per heavy atom. The van der Waals surface area contributed by atoms with Crippen molar-refractivity contribution in [1.82, 2.24) is 78.4 Å². The van der Waals surface area contributed by atoms with Crippen LogP contribution in [-0.2, 0) is 94.1 Å². The average molecular weight is 1640 g/mol. The third-order valence-corrected chi connectivity index (χ3v) is 18.4. The average Bonchev–Trinajstić information content (AvgIpc) is 1.42. The molecule has 40 nitrogen and oxygen atoms in total. The summed E-state index contributed by atoms with van der Waals surface area (Å²) in [6, 6.07) is 8.32. The maximum atomic E-state index is 13.9. The Labute approximate surface area is 680 Å². The number of piperazine rings is 1. The standard InChI is InChI=1S/C78H106N20O20/c1-9-10-21-98-50-58(55-11-15-80-68(55)78(98)108)56-46-62(110-8)57(47-61(56)109-7)77(107)97-25-23-96(24-26-97)27-29-112-31-33-114-35-37-116-39-41-118-43-42-117-40-38-115-36-34-113-32-30-111-28-20-79-65(99)12-16-84-74(104)70-89-63(51-94(70)5)87-66(100)13-17-83-73(103)60-45-54(49-93(60)4)86-76(106)71-90-64(52-95(71)6)88-67(101)14-18-82-72(102)59-44-53(48-92(59)3)85-75(105)69-81-19-22-91(69)2/h9-11,15,19,22,44-52,80H,12-14,16-18,20-21,23-43H2,1-8H3,(H,79,99)(H,82,102)(H,83,103)(H,84,104)(H,85,105)(H,86,106)(H,87,100)(H,88,101)/b10-9+. The number of anilines is 4. The fourth-order valence-corrected chi connectivity index (χ4v) is 12.3. The zero-order valence-electron chi connectivity index (χ0n) is 67.8. The lowest BCUT2D eigenvalue weighted by molar-refractivity contribution is -0.121. The number of methoxy groups -OCH3 is 2. The zero-order valence-corrected chi connectivity index (χ0v) is 67.8. The second kappa shape index (κ2) is 46.7. The maximum absolute atomic E-state index is 13.9. The molecular formula is C78H106N20O20. The molecule has 638 valence electrons. The predicted molar refractivity (Wildman–Crippen MR) is 432 cm³/mol. The smallest absolute Gasteiger partial charge is 0.291 e. The molecule has 0 unspecified atom stereocenters. The van der Waals surface area contributed by atoms with E-state index in [4.69, 9.17) is 47.4 Å². The topological polar surface area (TPSA) is 450 Å². The van der Waals surface area contributed by atoms with Crippen LogP contribution in [0.1, 0.15) is 89.4 Å². The number of fused-ring (bicyclic) bond motifs is 1. The van der Waals surface area contributed by atoms with Crippen LogP contribution in [0.15, 0.2) is 96.9 Å². The summed E-state index contributed by atoms with van der Waals surface area (Å²) in [7, 11) is 11.1. The number of hydrogen-bond donors (Lipinski definition) is 9. The van der Waals surface area contributed by atoms with Crippen molar-refractivity contribution in [3.63, 3.8) is 0 Å². The molecule has 40 heteroatoms. The molecule has 0 aliphatic carbocycles. The number of aromatic amines is 1. The summed E-state index contributed by atoms with van der Waals surface area (Å²) in [6.07, 6.45) is 16.2. The SMILES string of the molecule is C/C=C/Cn1cc(-c2cc(OC)c(C(=O)N3CCN(CCOCCOCCOCCOCCOCCOCCOCCOCCNC(=O)CCNC(=O)c4nc(NC(=O)CCNC(=O)c5cc(NC(=O)c6nc(NC(=O)CCNC(=O)c7cc(NC(=O)c8nccn8C)cn7C)cn6C)cn5C)cn4C)CC3)cc2OC)c2cc[nH]c2c1=O. The molecule has 9 rings (SSSR count). The number of imidazole rings is 3. The van der Waals surface area contributed by atoms with Crippen molar-refractivity contribution in [2.45, 2.75) is 32.7 Å². The summed E-state index contributed by atoms with van der Waals surface area (Å²) in [5, 5.41) is 22.1. The van der Waals surface area contributed by atoms with E-state index in [0.717, 1.165) is 17.5 Å². The van der Waals surface area contributed by atoms with Gasteiger partial charge in [-0.15, -0.1) is 0 Å². The minimum atomic E-state index is -0.641. The van der Waals surface area contributed by atoms with Crippen molar-refractivity contribution >= 4 is 87.1 Å². The number of rotatable bonds is 51. The van der Waals surface area contributed by atoms with Gasteiger partial charge in [0, 0.05) is 186 Å². The lowest BCUT2D eigenvalue weighted by Crippen LogP contribution is -2.49. The van der Waals surface area contributed by atoms with Gasteiger partial charge in [0.2, 0.25) is 29.4 Å². The minimum Gasteiger partial charge on any atom is -0.496 e. The monoisotopic (exact) mass is 1640 g/mol. The first-order valence-electron chi connectivity index (χ1n) is 38.5. The first-order chi connectivity index (χ1) is 57.1. The molecule has 7 aromatic heterocycles. The highest BCUT2D eigenvalue weighted by Gasteiger charge is 2.29. The Bertz CT molecular complexity index is 4770. The van der Waals surface area contributed by atoms with Gasteiger partial charge in [0.1, 0.15) is 28.4 Å². The van der Waals surface area contributed by atoms with Gasteiger partial charge < -0.3 is 127 Å². The van der Waals surface area contributed by atoms with Crippen molar-refractivity contribution in [3.8, 4) is 22.6 Å². The number of ether oxygens (including phenoxy) is 10. The maximum Gasteiger partial charge on any atom is 0.291 e. The number of aromatic nitrogens is 10. The largest absolute Gasteiger partial charge is 0.496 e. The number of nitrogens with zero attached hydrogens (tertiary/aromatic N) is 11. The lowest BCUT2D eigenvalue weighted by Gasteiger charge is -2.35. The molecule has 0 spiro atoms. The second-order valence-electron chi connectivity index (χ2n) is 26.9. The Hall–Kier alpha value is -11.9. The number of benzene rings is 1. The van der Waals surface area contributed by atoms with Crippen LogP contribution in [-0.4, -0.2) is 289 Å². The molecule has 1 aliphatic heterocycles. The quantitative estimate of drug-likeness (QED) is 0.0195. The number of carbonyl (C=O) groups is 9. The normalized spacial score (nSPS) is 12.3. The van der Waals surface area contributed by atoms with E-state index in [1.807, 2.05) is 36.2 Å². The highest BCUT2D eigenvalue weighted by atomic mass is 16.6. The zero-order chi connectivity index (χ0) is 84.3. The summed E-state index contributed by atoms with van der Waals surface area (Å²) in [6.45, 7) is 12.1. The highest BCUT2D eigenvalue weighted by molar-refractivity contribution is 6.05. The number of aryl methyl sites for hydroxylation is 5. The van der Waals surface area contributed by atoms with E-state index >= 15 is 0 Å². The molecular weight excluding hydrogens is 1540 g/mol. The van der Waals surface area contributed by atoms with E-state index in [9.17, 15) is 47.9 Å². The van der Waals surface area contributed by atoms with Crippen molar-refractivity contribution in [2.75, 3.05) is 200 Å². The van der Waals surface area contributed by atoms with E-state index in [1.165, 1.54) is 55.2 Å². The van der Waals surface area contributed by atoms with Crippen LogP contribution in [0.4, 0.5) is 23.0 Å². The number of amides is 9. The van der Waals surface area contributed by atoms with Crippen molar-refractivity contribution in [1.29, 1.82) is 0 Å². The van der Waals surface area contributed by atoms with Crippen molar-refractivity contribution in [3.05, 3.63) is 137 Å². The van der Waals surface area contributed by atoms with Gasteiger partial charge in [-0.3, -0.25) is 52.8 Å². The minimum absolute atomic E-state index is 0.00629. The van der Waals surface area contributed by atoms with Crippen LogP contribution >= 0.6 is 0 Å². The number of pyridine rings is 1. The summed E-state index contributed by atoms with van der Waals surface area (Å²) >= 11 is 0. The van der Waals surface area contributed by atoms with Crippen molar-refractivity contribution in [2.24, 2.45) is 35.2 Å². The van der Waals surface area contributed by atoms with E-state index in [2.05, 4.69) is 67.4 Å². The molecule has 0 atom stereocenters. The summed E-state index contributed by atoms with van der Waals surface area (Å²) in [5.74, 6) is -2.89. The van der Waals surface area contributed by atoms with Gasteiger partial charge in [-0.1, -0.05) is 12.2 Å². The van der Waals surface area contributed by atoms with Crippen molar-refractivity contribution < 1.29 is 90.5 Å². The van der Waals surface area contributed by atoms with E-state index in [-0.39, 0.29) is 116 Å². The molecule has 1 aliphatic rings. The number of hydrogen-bond acceptors (Lipinski definition) is 24. The number of carbonyl (C=O) groups excluding carboxylic acids is 9. The van der Waals surface area contributed by atoms with Crippen LogP contribution in [0.25, 0.3) is 22.0 Å². The predicted octanol–water partition coefficient (Wildman–Crippen LogP) is 2.32. The van der Waals surface area contributed by atoms with Crippen LogP contribution in [0.5, 0.6) is 11.5 Å². The van der Waals surface area contributed by atoms with Crippen LogP contribution in [0.2, 0.25) is 0 Å². The third-order valence-electron chi connectivity index (χ3n) is 18.4. The molecule has 9 N–H and O–H groups in total. The van der Waals surface area contributed by atoms with E-state index < -0.39 is 41.4 Å². The molecule has 118 heavy (non-hydrogen) atoms. The first kappa shape index (κ1) is 90.0. The molecule has 1 saturated heterocycles. The first-order valence-corrected chi connectivity index (χ1v) is 38.5. The van der Waals surface area contributed by atoms with Gasteiger partial charge in [0.15, 0.2) is 17.5 Å². The van der Waals surface area contributed by atoms with Gasteiger partial charge in [0.05, 0.1) is 137 Å². The summed E-state index contributed by atoms with van der Waals surface area (Å²) in [5.41, 5.74) is 3.29. The molecule has 8 heterocycles. The fourth-order valence-electron chi connectivity index (χ4n) is 12.3. The summed E-state index contributed by atoms with van der Waals surface area (Å²) in [4.78, 5) is 150. The lowest BCUT2D eigenvalue weighted by atomic mass is 9.99. The number of nitrogens with one attached hydrogen (secondary N) is 9. The van der Waals surface area contributed by atoms with E-state index in [0.29, 0.717) is 166 Å². The van der Waals surface area contributed by atoms with Gasteiger partial charge in [-0.2, -0.15) is 0 Å². The molecule has 1 fully saturated rings. The molecule has 1 aromatic carbocycles. The van der Waals surface area contributed by atoms with Gasteiger partial charge >= 0.3 is 0 Å². The Balaban J connectivity index is 0.506. The van der Waals surface area contributed by atoms with E-state index in [1.54, 1.807) is 89.3 Å².